The quantitative estimate of drug-likeness (QED) is 0.786. The lowest BCUT2D eigenvalue weighted by Crippen LogP contribution is -2.48. The number of amides is 2. The van der Waals surface area contributed by atoms with Crippen LogP contribution in [0.15, 0.2) is 53.7 Å². The van der Waals surface area contributed by atoms with Crippen molar-refractivity contribution in [3.63, 3.8) is 0 Å². The molecule has 2 aliphatic rings. The molecular weight excluding hydrogens is 366 g/mol. The normalized spacial score (nSPS) is 18.2. The number of fused-ring (bicyclic) bond motifs is 1. The second-order valence-corrected chi connectivity index (χ2v) is 7.58. The molecule has 2 aromatic rings. The highest BCUT2D eigenvalue weighted by molar-refractivity contribution is 5.95. The van der Waals surface area contributed by atoms with Crippen molar-refractivity contribution in [2.45, 2.75) is 26.3 Å². The van der Waals surface area contributed by atoms with E-state index in [4.69, 9.17) is 4.74 Å². The van der Waals surface area contributed by atoms with Crippen LogP contribution in [0.25, 0.3) is 0 Å². The SMILES string of the molecule is COC(=O)C1=C(CN2CCc3ccccc32)NC(=O)NC1c1ccc(C)cc1C. The van der Waals surface area contributed by atoms with Gasteiger partial charge in [-0.1, -0.05) is 42.0 Å². The first kappa shape index (κ1) is 19.1. The minimum absolute atomic E-state index is 0.315. The lowest BCUT2D eigenvalue weighted by atomic mass is 9.91. The van der Waals surface area contributed by atoms with E-state index in [2.05, 4.69) is 33.7 Å². The number of carbonyl (C=O) groups excluding carboxylic acids is 2. The average Bonchev–Trinajstić information content (AvgIpc) is 3.10. The van der Waals surface area contributed by atoms with Gasteiger partial charge in [-0.25, -0.2) is 9.59 Å². The second kappa shape index (κ2) is 7.62. The van der Waals surface area contributed by atoms with Crippen molar-refractivity contribution < 1.29 is 14.3 Å². The summed E-state index contributed by atoms with van der Waals surface area (Å²) >= 11 is 0. The summed E-state index contributed by atoms with van der Waals surface area (Å²) in [6, 6.07) is 13.4. The van der Waals surface area contributed by atoms with Crippen molar-refractivity contribution in [2.75, 3.05) is 25.1 Å². The maximum Gasteiger partial charge on any atom is 0.338 e. The van der Waals surface area contributed by atoms with Gasteiger partial charge in [0.1, 0.15) is 0 Å². The molecule has 0 saturated heterocycles. The van der Waals surface area contributed by atoms with E-state index in [1.165, 1.54) is 12.7 Å². The summed E-state index contributed by atoms with van der Waals surface area (Å²) in [5.41, 5.74) is 6.49. The number of hydrogen-bond donors (Lipinski definition) is 2. The van der Waals surface area contributed by atoms with Crippen LogP contribution in [-0.2, 0) is 16.0 Å². The van der Waals surface area contributed by atoms with Crippen LogP contribution >= 0.6 is 0 Å². The molecule has 2 amide bonds. The molecule has 1 unspecified atom stereocenters. The Morgan fingerprint density at radius 3 is 2.76 bits per heavy atom. The summed E-state index contributed by atoms with van der Waals surface area (Å²) in [6.07, 6.45) is 0.948. The van der Waals surface area contributed by atoms with Gasteiger partial charge >= 0.3 is 12.0 Å². The second-order valence-electron chi connectivity index (χ2n) is 7.58. The molecule has 1 atom stereocenters. The van der Waals surface area contributed by atoms with Crippen LogP contribution < -0.4 is 15.5 Å². The largest absolute Gasteiger partial charge is 0.466 e. The van der Waals surface area contributed by atoms with E-state index in [9.17, 15) is 9.59 Å². The number of nitrogens with one attached hydrogen (secondary N) is 2. The van der Waals surface area contributed by atoms with Gasteiger partial charge in [0.2, 0.25) is 0 Å². The molecule has 0 saturated carbocycles. The number of hydrogen-bond acceptors (Lipinski definition) is 4. The molecule has 6 nitrogen and oxygen atoms in total. The number of esters is 1. The summed E-state index contributed by atoms with van der Waals surface area (Å²) in [7, 11) is 1.37. The molecule has 150 valence electrons. The molecule has 0 bridgehead atoms. The zero-order valence-corrected chi connectivity index (χ0v) is 16.9. The van der Waals surface area contributed by atoms with E-state index in [1.54, 1.807) is 0 Å². The van der Waals surface area contributed by atoms with Crippen molar-refractivity contribution in [3.05, 3.63) is 76.0 Å². The van der Waals surface area contributed by atoms with Crippen LogP contribution in [0.5, 0.6) is 0 Å². The number of benzene rings is 2. The predicted molar refractivity (Wildman–Crippen MR) is 112 cm³/mol. The zero-order chi connectivity index (χ0) is 20.5. The van der Waals surface area contributed by atoms with Crippen molar-refractivity contribution >= 4 is 17.7 Å². The molecule has 4 rings (SSSR count). The summed E-state index contributed by atoms with van der Waals surface area (Å²) in [6.45, 7) is 5.29. The molecule has 2 heterocycles. The molecular formula is C23H25N3O3. The summed E-state index contributed by atoms with van der Waals surface area (Å²) in [5, 5.41) is 5.76. The number of para-hydroxylation sites is 1. The Kier molecular flexibility index (Phi) is 5.01. The number of carbonyl (C=O) groups is 2. The maximum absolute atomic E-state index is 12.8. The zero-order valence-electron chi connectivity index (χ0n) is 16.9. The lowest BCUT2D eigenvalue weighted by molar-refractivity contribution is -0.136. The minimum Gasteiger partial charge on any atom is -0.466 e. The smallest absolute Gasteiger partial charge is 0.338 e. The summed E-state index contributed by atoms with van der Waals surface area (Å²) < 4.78 is 5.10. The average molecular weight is 391 g/mol. The third-order valence-electron chi connectivity index (χ3n) is 5.63. The Morgan fingerprint density at radius 2 is 2.00 bits per heavy atom. The fourth-order valence-electron chi connectivity index (χ4n) is 4.24. The molecule has 2 aliphatic heterocycles. The number of methoxy groups -OCH3 is 1. The van der Waals surface area contributed by atoms with E-state index in [-0.39, 0.29) is 6.03 Å². The number of ether oxygens (including phenoxy) is 1. The van der Waals surface area contributed by atoms with Crippen molar-refractivity contribution in [2.24, 2.45) is 0 Å². The first-order valence-corrected chi connectivity index (χ1v) is 9.77. The first-order chi connectivity index (χ1) is 14.0. The Bertz CT molecular complexity index is 1010. The fraction of sp³-hybridized carbons (Fsp3) is 0.304. The third kappa shape index (κ3) is 3.58. The molecule has 2 N–H and O–H groups in total. The standard InChI is InChI=1S/C23H25N3O3/c1-14-8-9-17(15(2)12-14)21-20(22(27)29-3)18(24-23(28)25-21)13-26-11-10-16-6-4-5-7-19(16)26/h4-9,12,21H,10-11,13H2,1-3H3,(H2,24,25,28). The van der Waals surface area contributed by atoms with Crippen molar-refractivity contribution in [1.82, 2.24) is 10.6 Å². The molecule has 29 heavy (non-hydrogen) atoms. The van der Waals surface area contributed by atoms with Gasteiger partial charge in [-0.05, 0) is 43.0 Å². The van der Waals surface area contributed by atoms with E-state index >= 15 is 0 Å². The van der Waals surface area contributed by atoms with E-state index in [0.717, 1.165) is 35.3 Å². The highest BCUT2D eigenvalue weighted by Gasteiger charge is 2.35. The first-order valence-electron chi connectivity index (χ1n) is 9.77. The molecule has 2 aromatic carbocycles. The Balaban J connectivity index is 1.76. The number of anilines is 1. The van der Waals surface area contributed by atoms with Gasteiger partial charge in [0, 0.05) is 12.2 Å². The highest BCUT2D eigenvalue weighted by Crippen LogP contribution is 2.33. The Labute approximate surface area is 170 Å². The third-order valence-corrected chi connectivity index (χ3v) is 5.63. The molecule has 0 radical (unpaired) electrons. The van der Waals surface area contributed by atoms with Gasteiger partial charge in [-0.3, -0.25) is 0 Å². The molecule has 0 aliphatic carbocycles. The minimum atomic E-state index is -0.551. The lowest BCUT2D eigenvalue weighted by Gasteiger charge is -2.32. The topological polar surface area (TPSA) is 70.7 Å². The van der Waals surface area contributed by atoms with E-state index in [0.29, 0.717) is 17.8 Å². The molecule has 6 heteroatoms. The van der Waals surface area contributed by atoms with Crippen LogP contribution in [-0.4, -0.2) is 32.2 Å². The van der Waals surface area contributed by atoms with Gasteiger partial charge < -0.3 is 20.3 Å². The molecule has 0 spiro atoms. The van der Waals surface area contributed by atoms with Gasteiger partial charge in [0.25, 0.3) is 0 Å². The fourth-order valence-corrected chi connectivity index (χ4v) is 4.24. The molecule has 0 aromatic heterocycles. The van der Waals surface area contributed by atoms with Gasteiger partial charge in [-0.2, -0.15) is 0 Å². The monoisotopic (exact) mass is 391 g/mol. The van der Waals surface area contributed by atoms with Crippen LogP contribution in [0.3, 0.4) is 0 Å². The van der Waals surface area contributed by atoms with Crippen LogP contribution in [0.4, 0.5) is 10.5 Å². The predicted octanol–water partition coefficient (Wildman–Crippen LogP) is 3.15. The number of rotatable bonds is 4. The summed E-state index contributed by atoms with van der Waals surface area (Å²) in [4.78, 5) is 27.5. The van der Waals surface area contributed by atoms with Crippen LogP contribution in [0.2, 0.25) is 0 Å². The van der Waals surface area contributed by atoms with E-state index < -0.39 is 12.0 Å². The van der Waals surface area contributed by atoms with Crippen LogP contribution in [0, 0.1) is 13.8 Å². The number of aryl methyl sites for hydroxylation is 2. The van der Waals surface area contributed by atoms with Gasteiger partial charge in [0.15, 0.2) is 0 Å². The Hall–Kier alpha value is -3.28. The van der Waals surface area contributed by atoms with Crippen molar-refractivity contribution in [1.29, 1.82) is 0 Å². The Morgan fingerprint density at radius 1 is 1.21 bits per heavy atom. The van der Waals surface area contributed by atoms with Crippen molar-refractivity contribution in [3.8, 4) is 0 Å². The summed E-state index contributed by atoms with van der Waals surface area (Å²) in [5.74, 6) is -0.440. The van der Waals surface area contributed by atoms with Gasteiger partial charge in [0.05, 0.1) is 31.0 Å². The number of urea groups is 1. The highest BCUT2D eigenvalue weighted by atomic mass is 16.5. The van der Waals surface area contributed by atoms with E-state index in [1.807, 2.05) is 38.1 Å². The van der Waals surface area contributed by atoms with Crippen LogP contribution in [0.1, 0.15) is 28.3 Å². The maximum atomic E-state index is 12.8. The van der Waals surface area contributed by atoms with Gasteiger partial charge in [-0.15, -0.1) is 0 Å². The molecule has 0 fully saturated rings. The number of nitrogens with zero attached hydrogens (tertiary/aromatic N) is 1.